The third-order valence-electron chi connectivity index (χ3n) is 10.6. The number of aliphatic hydroxyl groups is 6. The highest BCUT2D eigenvalue weighted by molar-refractivity contribution is 5.89. The number of aliphatic imine (C=N–C) groups is 1. The summed E-state index contributed by atoms with van der Waals surface area (Å²) < 4.78 is 29.4. The van der Waals surface area contributed by atoms with Crippen LogP contribution in [0.15, 0.2) is 41.6 Å². The number of rotatable bonds is 18. The van der Waals surface area contributed by atoms with Gasteiger partial charge in [0.15, 0.2) is 25.1 Å². The maximum Gasteiger partial charge on any atom is 0.338 e. The van der Waals surface area contributed by atoms with E-state index < -0.39 is 84.9 Å². The van der Waals surface area contributed by atoms with Crippen molar-refractivity contribution < 1.29 is 79.2 Å². The lowest BCUT2D eigenvalue weighted by Gasteiger charge is -2.47. The second kappa shape index (κ2) is 21.4. The van der Waals surface area contributed by atoms with Crippen LogP contribution in [0.4, 0.5) is 0 Å². The average molecular weight is 787 g/mol. The van der Waals surface area contributed by atoms with E-state index in [9.17, 15) is 45.3 Å². The van der Waals surface area contributed by atoms with Gasteiger partial charge in [0.1, 0.15) is 24.9 Å². The SMILES string of the molecule is C=C[C@H]1[C@@H](O[C@@H]2O[C@H](CO)[C@@H](O)C(O)(O)[C@@H]2OC[NH2+]C)OC=C(C(=O)OC2CCCCC2)[C@H]1C=CC1C[NH+](CCO)CC(C(=O)[O-])C1NC(N)=NCCCO. The molecule has 55 heavy (non-hydrogen) atoms. The minimum absolute atomic E-state index is 0.0195. The summed E-state index contributed by atoms with van der Waals surface area (Å²) in [6, 6.07) is -0.815. The minimum atomic E-state index is -2.91. The van der Waals surface area contributed by atoms with E-state index in [0.717, 1.165) is 24.2 Å². The lowest BCUT2D eigenvalue weighted by atomic mass is 9.79. The zero-order valence-electron chi connectivity index (χ0n) is 31.3. The number of carboxylic acids is 1. The van der Waals surface area contributed by atoms with E-state index in [2.05, 4.69) is 16.9 Å². The quantitative estimate of drug-likeness (QED) is 0.0154. The van der Waals surface area contributed by atoms with Gasteiger partial charge in [-0.1, -0.05) is 24.6 Å². The van der Waals surface area contributed by atoms with Gasteiger partial charge in [-0.15, -0.1) is 6.58 Å². The number of ether oxygens (including phenoxy) is 5. The minimum Gasteiger partial charge on any atom is -0.550 e. The van der Waals surface area contributed by atoms with Gasteiger partial charge in [0.05, 0.1) is 69.0 Å². The number of guanidine groups is 1. The van der Waals surface area contributed by atoms with Crippen molar-refractivity contribution in [3.63, 3.8) is 0 Å². The van der Waals surface area contributed by atoms with E-state index in [4.69, 9.17) is 29.4 Å². The van der Waals surface area contributed by atoms with Gasteiger partial charge in [0.2, 0.25) is 12.1 Å². The third kappa shape index (κ3) is 11.4. The molecule has 19 heteroatoms. The normalized spacial score (nSPS) is 34.4. The third-order valence-corrected chi connectivity index (χ3v) is 10.6. The first-order chi connectivity index (χ1) is 26.4. The summed E-state index contributed by atoms with van der Waals surface area (Å²) in [5.41, 5.74) is 6.28. The molecule has 12 N–H and O–H groups in total. The predicted octanol–water partition coefficient (Wildman–Crippen LogP) is -6.08. The highest BCUT2D eigenvalue weighted by Crippen LogP contribution is 2.39. The monoisotopic (exact) mass is 786 g/mol. The summed E-state index contributed by atoms with van der Waals surface area (Å²) >= 11 is 0. The molecule has 0 amide bonds. The van der Waals surface area contributed by atoms with E-state index in [1.165, 1.54) is 12.3 Å². The highest BCUT2D eigenvalue weighted by atomic mass is 16.8. The Morgan fingerprint density at radius 3 is 2.55 bits per heavy atom. The fourth-order valence-electron chi connectivity index (χ4n) is 7.64. The van der Waals surface area contributed by atoms with E-state index >= 15 is 0 Å². The van der Waals surface area contributed by atoms with Crippen LogP contribution in [0.25, 0.3) is 0 Å². The first-order valence-corrected chi connectivity index (χ1v) is 19.0. The summed E-state index contributed by atoms with van der Waals surface area (Å²) in [5.74, 6) is -8.23. The molecular weight excluding hydrogens is 726 g/mol. The standard InChI is InChI=1S/C36H59N5O14/c1-3-23-24(11-10-21-16-41(13-15-43)17-25(31(46)47)28(21)40-35(37)39-12-7-14-42)26(32(48)53-22-8-5-4-6-9-22)19-51-33(23)55-34-30(52-20-38-2)36(49,50)29(45)27(18-44)54-34/h3,10-11,19,21-25,27-30,33-34,38,42-45,49-50H,1,4-9,12-18,20H2,2H3,(H,46,47)(H3,37,39,40)/p+1/t21?,23-,24+,25?,27-,28?,29-,30-,33-,34+/m1/s1. The number of carbonyl (C=O) groups excluding carboxylic acids is 2. The average Bonchev–Trinajstić information content (AvgIpc) is 3.16. The van der Waals surface area contributed by atoms with Gasteiger partial charge >= 0.3 is 5.97 Å². The van der Waals surface area contributed by atoms with Gasteiger partial charge in [-0.3, -0.25) is 4.99 Å². The number of piperidine rings is 1. The molecule has 1 aliphatic carbocycles. The van der Waals surface area contributed by atoms with Crippen molar-refractivity contribution >= 4 is 17.9 Å². The van der Waals surface area contributed by atoms with Crippen LogP contribution in [0.2, 0.25) is 0 Å². The first-order valence-electron chi connectivity index (χ1n) is 19.0. The predicted molar refractivity (Wildman–Crippen MR) is 190 cm³/mol. The van der Waals surface area contributed by atoms with Crippen LogP contribution in [0.1, 0.15) is 38.5 Å². The van der Waals surface area contributed by atoms with E-state index in [0.29, 0.717) is 25.8 Å². The van der Waals surface area contributed by atoms with Gasteiger partial charge in [-0.2, -0.15) is 0 Å². The van der Waals surface area contributed by atoms with Crippen LogP contribution >= 0.6 is 0 Å². The topological polar surface area (TPSA) is 296 Å². The van der Waals surface area contributed by atoms with Crippen molar-refractivity contribution in [3.8, 4) is 0 Å². The fourth-order valence-corrected chi connectivity index (χ4v) is 7.64. The first kappa shape index (κ1) is 44.5. The molecular formula is C36H60N5O14+. The number of nitrogens with one attached hydrogen (secondary N) is 2. The Morgan fingerprint density at radius 1 is 1.16 bits per heavy atom. The Kier molecular flexibility index (Phi) is 17.3. The molecule has 3 aliphatic heterocycles. The number of carboxylic acid groups (broad SMARTS) is 1. The van der Waals surface area contributed by atoms with E-state index in [-0.39, 0.29) is 57.2 Å². The highest BCUT2D eigenvalue weighted by Gasteiger charge is 2.57. The Bertz CT molecular complexity index is 1340. The molecule has 19 nitrogen and oxygen atoms in total. The number of hydrogen-bond donors (Lipinski definition) is 10. The maximum absolute atomic E-state index is 13.8. The number of likely N-dealkylation sites (tertiary alicyclic amines) is 1. The molecule has 0 spiro atoms. The number of aliphatic carboxylic acids is 1. The van der Waals surface area contributed by atoms with Crippen LogP contribution < -0.4 is 26.4 Å². The van der Waals surface area contributed by atoms with Gasteiger partial charge in [0, 0.05) is 25.0 Å². The van der Waals surface area contributed by atoms with Crippen molar-refractivity contribution in [1.82, 2.24) is 5.32 Å². The molecule has 0 aromatic carbocycles. The molecule has 0 bridgehead atoms. The molecule has 0 aromatic heterocycles. The van der Waals surface area contributed by atoms with Crippen molar-refractivity contribution in [3.05, 3.63) is 36.6 Å². The van der Waals surface area contributed by atoms with Gasteiger partial charge in [-0.05, 0) is 32.1 Å². The van der Waals surface area contributed by atoms with Crippen molar-refractivity contribution in [1.29, 1.82) is 0 Å². The largest absolute Gasteiger partial charge is 0.550 e. The second-order valence-corrected chi connectivity index (χ2v) is 14.5. The van der Waals surface area contributed by atoms with Crippen molar-refractivity contribution in [2.75, 3.05) is 59.8 Å². The fraction of sp³-hybridized carbons (Fsp3) is 0.750. The van der Waals surface area contributed by atoms with Crippen LogP contribution in [0, 0.1) is 23.7 Å². The zero-order chi connectivity index (χ0) is 40.1. The molecule has 2 saturated heterocycles. The van der Waals surface area contributed by atoms with Crippen molar-refractivity contribution in [2.24, 2.45) is 34.4 Å². The molecule has 3 fully saturated rings. The Labute approximate surface area is 320 Å². The molecule has 0 radical (unpaired) electrons. The lowest BCUT2D eigenvalue weighted by Crippen LogP contribution is -3.16. The van der Waals surface area contributed by atoms with Crippen LogP contribution in [-0.2, 0) is 33.3 Å². The summed E-state index contributed by atoms with van der Waals surface area (Å²) in [5, 5.41) is 78.3. The van der Waals surface area contributed by atoms with E-state index in [1.54, 1.807) is 24.5 Å². The molecule has 11 atom stereocenters. The summed E-state index contributed by atoms with van der Waals surface area (Å²) in [6.07, 6.45) is 2.48. The van der Waals surface area contributed by atoms with Crippen LogP contribution in [0.5, 0.6) is 0 Å². The second-order valence-electron chi connectivity index (χ2n) is 14.5. The number of nitrogens with zero attached hydrogens (tertiary/aromatic N) is 1. The number of nitrogens with two attached hydrogens (primary N) is 2. The summed E-state index contributed by atoms with van der Waals surface area (Å²) in [7, 11) is 1.67. The summed E-state index contributed by atoms with van der Waals surface area (Å²) in [6.45, 7) is 3.79. The molecule has 312 valence electrons. The summed E-state index contributed by atoms with van der Waals surface area (Å²) in [4.78, 5) is 31.3. The number of allylic oxidation sites excluding steroid dienone is 1. The van der Waals surface area contributed by atoms with Crippen LogP contribution in [0.3, 0.4) is 0 Å². The Hall–Kier alpha value is -3.21. The Balaban J connectivity index is 1.71. The van der Waals surface area contributed by atoms with Crippen LogP contribution in [-0.4, -0.2) is 157 Å². The van der Waals surface area contributed by atoms with Gasteiger partial charge in [-0.25, -0.2) is 4.79 Å². The number of carbonyl (C=O) groups is 2. The van der Waals surface area contributed by atoms with Gasteiger partial charge in [0.25, 0.3) is 0 Å². The number of quaternary nitrogens is 2. The molecule has 4 unspecified atom stereocenters. The molecule has 1 saturated carbocycles. The van der Waals surface area contributed by atoms with Crippen molar-refractivity contribution in [2.45, 2.75) is 87.3 Å². The lowest BCUT2D eigenvalue weighted by molar-refractivity contribution is -0.911. The maximum atomic E-state index is 13.8. The number of aliphatic hydroxyl groups excluding tert-OH is 4. The zero-order valence-corrected chi connectivity index (χ0v) is 31.3. The number of esters is 1. The van der Waals surface area contributed by atoms with Gasteiger partial charge < -0.3 is 85.5 Å². The molecule has 4 rings (SSSR count). The number of hydrogen-bond acceptors (Lipinski definition) is 15. The van der Waals surface area contributed by atoms with E-state index in [1.807, 2.05) is 0 Å². The molecule has 4 aliphatic rings. The molecule has 3 heterocycles. The molecule has 0 aromatic rings. The Morgan fingerprint density at radius 2 is 1.91 bits per heavy atom. The smallest absolute Gasteiger partial charge is 0.338 e.